The molecule has 1 aliphatic heterocycles. The van der Waals surface area contributed by atoms with Gasteiger partial charge in [-0.1, -0.05) is 196 Å². The van der Waals surface area contributed by atoms with Crippen molar-refractivity contribution in [3.05, 3.63) is 237 Å². The summed E-state index contributed by atoms with van der Waals surface area (Å²) >= 11 is 0. The van der Waals surface area contributed by atoms with Gasteiger partial charge in [-0.05, 0) is 149 Å². The van der Waals surface area contributed by atoms with Crippen molar-refractivity contribution >= 4 is 98.1 Å². The van der Waals surface area contributed by atoms with E-state index in [0.29, 0.717) is 0 Å². The molecule has 11 aromatic rings. The van der Waals surface area contributed by atoms with Crippen molar-refractivity contribution in [1.82, 2.24) is 0 Å². The Morgan fingerprint density at radius 1 is 0.319 bits per heavy atom. The van der Waals surface area contributed by atoms with E-state index < -0.39 is 16.1 Å². The quantitative estimate of drug-likeness (QED) is 0.105. The molecule has 0 aliphatic carbocycles. The van der Waals surface area contributed by atoms with E-state index in [1.54, 1.807) is 0 Å². The number of hydrogen-bond acceptors (Lipinski definition) is 2. The van der Waals surface area contributed by atoms with E-state index in [1.807, 2.05) is 0 Å². The van der Waals surface area contributed by atoms with Crippen LogP contribution in [-0.2, 0) is 0 Å². The molecule has 0 spiro atoms. The smallest absolute Gasteiger partial charge is 0.113 e. The van der Waals surface area contributed by atoms with Crippen molar-refractivity contribution in [2.45, 2.75) is 32.7 Å². The van der Waals surface area contributed by atoms with Gasteiger partial charge in [0.05, 0.1) is 13.8 Å². The molecule has 69 heavy (non-hydrogen) atoms. The maximum atomic E-state index is 2.55. The minimum atomic E-state index is -2.25. The molecule has 4 heteroatoms. The lowest BCUT2D eigenvalue weighted by molar-refractivity contribution is 1.28. The van der Waals surface area contributed by atoms with Gasteiger partial charge in [-0.2, -0.15) is 0 Å². The van der Waals surface area contributed by atoms with Crippen molar-refractivity contribution in [3.8, 4) is 33.4 Å². The molecular weight excluding hydrogens is 865 g/mol. The van der Waals surface area contributed by atoms with Crippen molar-refractivity contribution < 1.29 is 0 Å². The molecule has 11 aromatic carbocycles. The summed E-state index contributed by atoms with van der Waals surface area (Å²) in [6.07, 6.45) is 0. The predicted octanol–water partition coefficient (Wildman–Crippen LogP) is 16.8. The van der Waals surface area contributed by atoms with E-state index in [0.717, 1.165) is 28.4 Å². The Kier molecular flexibility index (Phi) is 10.4. The Bertz CT molecular complexity index is 3710. The summed E-state index contributed by atoms with van der Waals surface area (Å²) in [5.74, 6) is 0. The fourth-order valence-corrected chi connectivity index (χ4v) is 15.3. The monoisotopic (exact) mass is 918 g/mol. The largest absolute Gasteiger partial charge is 0.311 e. The van der Waals surface area contributed by atoms with Crippen LogP contribution in [0.2, 0.25) is 32.7 Å². The van der Waals surface area contributed by atoms with E-state index in [4.69, 9.17) is 0 Å². The summed E-state index contributed by atoms with van der Waals surface area (Å²) in [5.41, 5.74) is 14.5. The second-order valence-corrected chi connectivity index (χ2v) is 29.5. The standard InChI is InChI=1S/C65H54N2Si2/c1-68(2,3)52-39-36-50(37-40-52)66(47-22-11-7-12-23-47)49-34-32-46(33-35-49)58-43-60-57-29-19-31-63-65(57)61(44-59(60)55-28-16-15-27-54(55)58)56-41-38-51(42-64(56)69(63,4)5)67(48-24-13-8-14-25-48)62-30-18-17-26-53(62)45-20-9-6-10-21-45/h6-44H,1-5H3. The van der Waals surface area contributed by atoms with E-state index in [-0.39, 0.29) is 0 Å². The van der Waals surface area contributed by atoms with E-state index in [2.05, 4.69) is 279 Å². The van der Waals surface area contributed by atoms with Crippen LogP contribution in [0.15, 0.2) is 237 Å². The predicted molar refractivity (Wildman–Crippen MR) is 304 cm³/mol. The number of anilines is 6. The summed E-state index contributed by atoms with van der Waals surface area (Å²) < 4.78 is 0. The third-order valence-corrected chi connectivity index (χ3v) is 20.2. The summed E-state index contributed by atoms with van der Waals surface area (Å²) in [7, 11) is -3.69. The van der Waals surface area contributed by atoms with Crippen LogP contribution in [0.4, 0.5) is 34.1 Å². The average molecular weight is 919 g/mol. The molecule has 0 unspecified atom stereocenters. The Hall–Kier alpha value is -7.77. The highest BCUT2D eigenvalue weighted by Gasteiger charge is 2.37. The molecule has 0 bridgehead atoms. The Labute approximate surface area is 408 Å². The maximum Gasteiger partial charge on any atom is 0.113 e. The number of fused-ring (bicyclic) bond motifs is 6. The minimum Gasteiger partial charge on any atom is -0.311 e. The van der Waals surface area contributed by atoms with Gasteiger partial charge in [-0.25, -0.2) is 0 Å². The van der Waals surface area contributed by atoms with Gasteiger partial charge < -0.3 is 9.80 Å². The van der Waals surface area contributed by atoms with Gasteiger partial charge in [0.25, 0.3) is 0 Å². The highest BCUT2D eigenvalue weighted by Crippen LogP contribution is 2.46. The Morgan fingerprint density at radius 2 is 0.826 bits per heavy atom. The number of nitrogens with zero attached hydrogens (tertiary/aromatic N) is 2. The lowest BCUT2D eigenvalue weighted by Gasteiger charge is -2.36. The zero-order valence-corrected chi connectivity index (χ0v) is 41.9. The maximum absolute atomic E-state index is 2.55. The average Bonchev–Trinajstić information content (AvgIpc) is 3.39. The van der Waals surface area contributed by atoms with Gasteiger partial charge in [-0.3, -0.25) is 0 Å². The normalized spacial score (nSPS) is 12.8. The molecule has 0 radical (unpaired) electrons. The summed E-state index contributed by atoms with van der Waals surface area (Å²) in [4.78, 5) is 4.83. The van der Waals surface area contributed by atoms with Crippen molar-refractivity contribution in [2.24, 2.45) is 0 Å². The van der Waals surface area contributed by atoms with Crippen LogP contribution in [0.3, 0.4) is 0 Å². The van der Waals surface area contributed by atoms with E-state index >= 15 is 0 Å². The number of rotatable bonds is 9. The van der Waals surface area contributed by atoms with Gasteiger partial charge in [0, 0.05) is 34.0 Å². The molecule has 12 rings (SSSR count). The van der Waals surface area contributed by atoms with Crippen molar-refractivity contribution in [1.29, 1.82) is 0 Å². The lowest BCUT2D eigenvalue weighted by Crippen LogP contribution is -2.56. The Balaban J connectivity index is 1.00. The second kappa shape index (κ2) is 16.8. The molecule has 332 valence electrons. The zero-order valence-electron chi connectivity index (χ0n) is 39.9. The molecule has 2 nitrogen and oxygen atoms in total. The van der Waals surface area contributed by atoms with Crippen molar-refractivity contribution in [2.75, 3.05) is 9.80 Å². The summed E-state index contributed by atoms with van der Waals surface area (Å²) in [6, 6.07) is 88.1. The van der Waals surface area contributed by atoms with E-state index in [9.17, 15) is 0 Å². The number of benzene rings is 11. The highest BCUT2D eigenvalue weighted by atomic mass is 28.3. The first-order valence-electron chi connectivity index (χ1n) is 24.3. The van der Waals surface area contributed by atoms with Crippen LogP contribution < -0.4 is 25.4 Å². The molecule has 0 N–H and O–H groups in total. The number of para-hydroxylation sites is 3. The first-order valence-corrected chi connectivity index (χ1v) is 30.8. The van der Waals surface area contributed by atoms with Gasteiger partial charge in [0.1, 0.15) is 8.07 Å². The van der Waals surface area contributed by atoms with Gasteiger partial charge in [0.2, 0.25) is 0 Å². The molecule has 0 aromatic heterocycles. The van der Waals surface area contributed by atoms with Gasteiger partial charge in [-0.15, -0.1) is 0 Å². The second-order valence-electron chi connectivity index (χ2n) is 20.1. The third kappa shape index (κ3) is 7.30. The Morgan fingerprint density at radius 3 is 1.51 bits per heavy atom. The van der Waals surface area contributed by atoms with Crippen molar-refractivity contribution in [3.63, 3.8) is 0 Å². The van der Waals surface area contributed by atoms with Crippen LogP contribution in [0.25, 0.3) is 65.7 Å². The topological polar surface area (TPSA) is 6.48 Å². The van der Waals surface area contributed by atoms with Crippen LogP contribution in [0.1, 0.15) is 0 Å². The molecular formula is C65H54N2Si2. The molecule has 1 heterocycles. The highest BCUT2D eigenvalue weighted by molar-refractivity contribution is 7.03. The van der Waals surface area contributed by atoms with E-state index in [1.165, 1.54) is 86.9 Å². The van der Waals surface area contributed by atoms with Gasteiger partial charge in [0.15, 0.2) is 0 Å². The summed E-state index contributed by atoms with van der Waals surface area (Å²) in [5, 5.41) is 12.3. The minimum absolute atomic E-state index is 1.14. The summed E-state index contributed by atoms with van der Waals surface area (Å²) in [6.45, 7) is 12.3. The third-order valence-electron chi connectivity index (χ3n) is 14.6. The first kappa shape index (κ1) is 42.6. The first-order chi connectivity index (χ1) is 33.6. The molecule has 0 fully saturated rings. The molecule has 1 aliphatic rings. The van der Waals surface area contributed by atoms with Crippen LogP contribution >= 0.6 is 0 Å². The molecule has 0 saturated carbocycles. The molecule has 0 amide bonds. The molecule has 0 saturated heterocycles. The zero-order chi connectivity index (χ0) is 46.9. The SMILES string of the molecule is C[Si](C)(C)c1ccc(N(c2ccccc2)c2ccc(-c3cc4c5cccc6c5c(cc4c4ccccc34)-c3ccc(N(c4ccccc4)c4ccccc4-c4ccccc4)cc3[Si]6(C)C)cc2)cc1. The number of hydrogen-bond donors (Lipinski definition) is 0. The van der Waals surface area contributed by atoms with Crippen LogP contribution in [-0.4, -0.2) is 16.1 Å². The molecule has 0 atom stereocenters. The fourth-order valence-electron chi connectivity index (χ4n) is 11.1. The fraction of sp³-hybridized carbons (Fsp3) is 0.0769. The van der Waals surface area contributed by atoms with Crippen LogP contribution in [0.5, 0.6) is 0 Å². The lowest BCUT2D eigenvalue weighted by atomic mass is 9.87. The van der Waals surface area contributed by atoms with Gasteiger partial charge >= 0.3 is 0 Å². The van der Waals surface area contributed by atoms with Crippen LogP contribution in [0, 0.1) is 0 Å².